The number of rotatable bonds is 2. The van der Waals surface area contributed by atoms with Gasteiger partial charge in [0.25, 0.3) is 0 Å². The van der Waals surface area contributed by atoms with Crippen LogP contribution in [0.4, 0.5) is 5.69 Å². The molecular formula is C17H17NO2. The van der Waals surface area contributed by atoms with Crippen molar-refractivity contribution in [3.63, 3.8) is 0 Å². The van der Waals surface area contributed by atoms with Crippen LogP contribution in [0, 0.1) is 0 Å². The summed E-state index contributed by atoms with van der Waals surface area (Å²) in [6.45, 7) is 2.40. The van der Waals surface area contributed by atoms with Crippen LogP contribution >= 0.6 is 0 Å². The third kappa shape index (κ3) is 2.09. The SMILES string of the molecule is c1cc(-c2ccc3c(c2)CCN3)cc(C2OCCO2)c1. The maximum absolute atomic E-state index is 5.57. The Bertz CT molecular complexity index is 633. The van der Waals surface area contributed by atoms with E-state index in [1.165, 1.54) is 22.4 Å². The van der Waals surface area contributed by atoms with Crippen molar-refractivity contribution < 1.29 is 9.47 Å². The molecule has 3 heteroatoms. The van der Waals surface area contributed by atoms with E-state index in [4.69, 9.17) is 9.47 Å². The van der Waals surface area contributed by atoms with Gasteiger partial charge >= 0.3 is 0 Å². The van der Waals surface area contributed by atoms with Crippen molar-refractivity contribution in [2.24, 2.45) is 0 Å². The molecule has 0 aromatic heterocycles. The van der Waals surface area contributed by atoms with Gasteiger partial charge in [0.2, 0.25) is 0 Å². The summed E-state index contributed by atoms with van der Waals surface area (Å²) < 4.78 is 11.1. The van der Waals surface area contributed by atoms with Gasteiger partial charge in [-0.05, 0) is 41.3 Å². The molecule has 0 unspecified atom stereocenters. The second-order valence-electron chi connectivity index (χ2n) is 5.25. The number of anilines is 1. The molecule has 2 aliphatic rings. The first-order chi connectivity index (χ1) is 9.90. The Morgan fingerprint density at radius 3 is 2.70 bits per heavy atom. The average Bonchev–Trinajstić information content (AvgIpc) is 3.18. The lowest BCUT2D eigenvalue weighted by Crippen LogP contribution is -1.97. The Kier molecular flexibility index (Phi) is 2.94. The summed E-state index contributed by atoms with van der Waals surface area (Å²) in [5.74, 6) is 0. The van der Waals surface area contributed by atoms with Crippen LogP contribution in [0.25, 0.3) is 11.1 Å². The summed E-state index contributed by atoms with van der Waals surface area (Å²) in [6, 6.07) is 15.1. The normalized spacial score (nSPS) is 18.0. The Morgan fingerprint density at radius 2 is 1.80 bits per heavy atom. The maximum atomic E-state index is 5.57. The van der Waals surface area contributed by atoms with Crippen molar-refractivity contribution in [3.05, 3.63) is 53.6 Å². The number of hydrogen-bond acceptors (Lipinski definition) is 3. The van der Waals surface area contributed by atoms with Gasteiger partial charge in [-0.2, -0.15) is 0 Å². The van der Waals surface area contributed by atoms with E-state index in [0.717, 1.165) is 18.5 Å². The van der Waals surface area contributed by atoms with Gasteiger partial charge < -0.3 is 14.8 Å². The molecule has 0 spiro atoms. The fourth-order valence-electron chi connectivity index (χ4n) is 2.90. The minimum absolute atomic E-state index is 0.203. The molecule has 4 rings (SSSR count). The van der Waals surface area contributed by atoms with Crippen molar-refractivity contribution in [3.8, 4) is 11.1 Å². The van der Waals surface area contributed by atoms with E-state index >= 15 is 0 Å². The lowest BCUT2D eigenvalue weighted by Gasteiger charge is -2.11. The first-order valence-corrected chi connectivity index (χ1v) is 7.10. The average molecular weight is 267 g/mol. The Labute approximate surface area is 118 Å². The van der Waals surface area contributed by atoms with Gasteiger partial charge in [0.05, 0.1) is 13.2 Å². The Morgan fingerprint density at radius 1 is 0.950 bits per heavy atom. The molecular weight excluding hydrogens is 250 g/mol. The molecule has 1 fully saturated rings. The Balaban J connectivity index is 1.69. The third-order valence-corrected chi connectivity index (χ3v) is 3.93. The molecule has 2 aliphatic heterocycles. The van der Waals surface area contributed by atoms with E-state index < -0.39 is 0 Å². The van der Waals surface area contributed by atoms with Crippen molar-refractivity contribution >= 4 is 5.69 Å². The summed E-state index contributed by atoms with van der Waals surface area (Å²) in [7, 11) is 0. The number of benzene rings is 2. The summed E-state index contributed by atoms with van der Waals surface area (Å²) in [5, 5.41) is 3.39. The molecule has 0 radical (unpaired) electrons. The number of hydrogen-bond donors (Lipinski definition) is 1. The summed E-state index contributed by atoms with van der Waals surface area (Å²) in [5.41, 5.74) is 6.25. The quantitative estimate of drug-likeness (QED) is 0.905. The van der Waals surface area contributed by atoms with Crippen molar-refractivity contribution in [1.29, 1.82) is 0 Å². The molecule has 0 saturated carbocycles. The zero-order chi connectivity index (χ0) is 13.4. The van der Waals surface area contributed by atoms with Crippen LogP contribution in [-0.4, -0.2) is 19.8 Å². The molecule has 1 saturated heterocycles. The lowest BCUT2D eigenvalue weighted by molar-refractivity contribution is -0.0440. The molecule has 0 amide bonds. The van der Waals surface area contributed by atoms with E-state index in [9.17, 15) is 0 Å². The standard InChI is InChI=1S/C17H17NO2/c1-2-12(11-15(3-1)17-19-8-9-20-17)13-4-5-16-14(10-13)6-7-18-16/h1-5,10-11,17-18H,6-9H2. The van der Waals surface area contributed by atoms with Crippen LogP contribution in [-0.2, 0) is 15.9 Å². The molecule has 0 atom stereocenters. The van der Waals surface area contributed by atoms with E-state index in [0.29, 0.717) is 13.2 Å². The van der Waals surface area contributed by atoms with Gasteiger partial charge in [0.15, 0.2) is 6.29 Å². The first kappa shape index (κ1) is 11.9. The maximum Gasteiger partial charge on any atom is 0.184 e. The van der Waals surface area contributed by atoms with Gasteiger partial charge in [0.1, 0.15) is 0 Å². The van der Waals surface area contributed by atoms with Crippen LogP contribution in [0.3, 0.4) is 0 Å². The predicted molar refractivity (Wildman–Crippen MR) is 78.7 cm³/mol. The molecule has 20 heavy (non-hydrogen) atoms. The van der Waals surface area contributed by atoms with Crippen LogP contribution < -0.4 is 5.32 Å². The topological polar surface area (TPSA) is 30.5 Å². The zero-order valence-corrected chi connectivity index (χ0v) is 11.3. The highest BCUT2D eigenvalue weighted by molar-refractivity contribution is 5.70. The molecule has 102 valence electrons. The number of nitrogens with one attached hydrogen (secondary N) is 1. The molecule has 2 aromatic carbocycles. The molecule has 0 bridgehead atoms. The monoisotopic (exact) mass is 267 g/mol. The smallest absolute Gasteiger partial charge is 0.184 e. The predicted octanol–water partition coefficient (Wildman–Crippen LogP) is 3.37. The fourth-order valence-corrected chi connectivity index (χ4v) is 2.90. The number of ether oxygens (including phenoxy) is 2. The molecule has 2 aromatic rings. The van der Waals surface area contributed by atoms with Gasteiger partial charge in [-0.3, -0.25) is 0 Å². The van der Waals surface area contributed by atoms with Crippen molar-refractivity contribution in [2.75, 3.05) is 25.1 Å². The van der Waals surface area contributed by atoms with Crippen LogP contribution in [0.2, 0.25) is 0 Å². The number of fused-ring (bicyclic) bond motifs is 1. The molecule has 0 aliphatic carbocycles. The highest BCUT2D eigenvalue weighted by atomic mass is 16.7. The van der Waals surface area contributed by atoms with Crippen molar-refractivity contribution in [2.45, 2.75) is 12.7 Å². The fraction of sp³-hybridized carbons (Fsp3) is 0.294. The summed E-state index contributed by atoms with van der Waals surface area (Å²) >= 11 is 0. The van der Waals surface area contributed by atoms with Gasteiger partial charge in [-0.1, -0.05) is 24.3 Å². The lowest BCUT2D eigenvalue weighted by atomic mass is 10.00. The van der Waals surface area contributed by atoms with E-state index in [-0.39, 0.29) is 6.29 Å². The van der Waals surface area contributed by atoms with E-state index in [1.807, 2.05) is 0 Å². The Hall–Kier alpha value is -1.84. The second kappa shape index (κ2) is 4.93. The van der Waals surface area contributed by atoms with Crippen LogP contribution in [0.1, 0.15) is 17.4 Å². The van der Waals surface area contributed by atoms with Crippen molar-refractivity contribution in [1.82, 2.24) is 0 Å². The highest BCUT2D eigenvalue weighted by Gasteiger charge is 2.18. The second-order valence-corrected chi connectivity index (χ2v) is 5.25. The van der Waals surface area contributed by atoms with Gasteiger partial charge in [0, 0.05) is 17.8 Å². The largest absolute Gasteiger partial charge is 0.384 e. The minimum Gasteiger partial charge on any atom is -0.384 e. The minimum atomic E-state index is -0.203. The van der Waals surface area contributed by atoms with Crippen LogP contribution in [0.15, 0.2) is 42.5 Å². The van der Waals surface area contributed by atoms with E-state index in [2.05, 4.69) is 47.8 Å². The molecule has 1 N–H and O–H groups in total. The molecule has 2 heterocycles. The van der Waals surface area contributed by atoms with Gasteiger partial charge in [-0.25, -0.2) is 0 Å². The first-order valence-electron chi connectivity index (χ1n) is 7.10. The summed E-state index contributed by atoms with van der Waals surface area (Å²) in [6.07, 6.45) is 0.906. The summed E-state index contributed by atoms with van der Waals surface area (Å²) in [4.78, 5) is 0. The van der Waals surface area contributed by atoms with Crippen LogP contribution in [0.5, 0.6) is 0 Å². The molecule has 3 nitrogen and oxygen atoms in total. The third-order valence-electron chi connectivity index (χ3n) is 3.93. The van der Waals surface area contributed by atoms with Gasteiger partial charge in [-0.15, -0.1) is 0 Å². The highest BCUT2D eigenvalue weighted by Crippen LogP contribution is 2.31. The zero-order valence-electron chi connectivity index (χ0n) is 11.3. The van der Waals surface area contributed by atoms with E-state index in [1.54, 1.807) is 0 Å².